The second-order valence-corrected chi connectivity index (χ2v) is 9.29. The Kier molecular flexibility index (Phi) is 6.24. The number of carbonyl (C=O) groups excluding carboxylic acids is 3. The highest BCUT2D eigenvalue weighted by Gasteiger charge is 2.35. The maximum absolute atomic E-state index is 13.6. The van der Waals surface area contributed by atoms with E-state index in [-0.39, 0.29) is 36.2 Å². The van der Waals surface area contributed by atoms with Crippen molar-refractivity contribution in [1.29, 1.82) is 0 Å². The van der Waals surface area contributed by atoms with Crippen molar-refractivity contribution in [2.24, 2.45) is 0 Å². The lowest BCUT2D eigenvalue weighted by molar-refractivity contribution is 0.0654. The van der Waals surface area contributed by atoms with Crippen LogP contribution in [-0.2, 0) is 5.41 Å². The number of benzene rings is 3. The summed E-state index contributed by atoms with van der Waals surface area (Å²) >= 11 is 0. The summed E-state index contributed by atoms with van der Waals surface area (Å²) in [4.78, 5) is 41.9. The van der Waals surface area contributed by atoms with Crippen molar-refractivity contribution in [1.82, 2.24) is 4.90 Å². The molecule has 0 aromatic heterocycles. The maximum atomic E-state index is 13.6. The van der Waals surface area contributed by atoms with Gasteiger partial charge in [0.05, 0.1) is 18.2 Å². The highest BCUT2D eigenvalue weighted by atomic mass is 16.5. The van der Waals surface area contributed by atoms with Crippen molar-refractivity contribution in [2.75, 3.05) is 25.1 Å². The molecule has 0 fully saturated rings. The maximum Gasteiger partial charge on any atom is 0.261 e. The molecule has 6 heteroatoms. The summed E-state index contributed by atoms with van der Waals surface area (Å²) in [7, 11) is 1.58. The zero-order valence-electron chi connectivity index (χ0n) is 19.9. The molecule has 6 nitrogen and oxygen atoms in total. The Labute approximate surface area is 199 Å². The molecule has 174 valence electrons. The lowest BCUT2D eigenvalue weighted by Gasteiger charge is -2.26. The van der Waals surface area contributed by atoms with Gasteiger partial charge in [-0.05, 0) is 59.5 Å². The normalized spacial score (nSPS) is 13.1. The largest absolute Gasteiger partial charge is 0.497 e. The topological polar surface area (TPSA) is 66.9 Å². The van der Waals surface area contributed by atoms with Gasteiger partial charge in [0.2, 0.25) is 0 Å². The Balaban J connectivity index is 1.60. The van der Waals surface area contributed by atoms with E-state index in [0.717, 1.165) is 5.56 Å². The van der Waals surface area contributed by atoms with Crippen LogP contribution in [0.2, 0.25) is 0 Å². The minimum Gasteiger partial charge on any atom is -0.497 e. The third-order valence-corrected chi connectivity index (χ3v) is 6.05. The van der Waals surface area contributed by atoms with E-state index >= 15 is 0 Å². The first-order chi connectivity index (χ1) is 16.2. The molecule has 0 bridgehead atoms. The smallest absolute Gasteiger partial charge is 0.261 e. The van der Waals surface area contributed by atoms with Crippen molar-refractivity contribution in [3.8, 4) is 5.75 Å². The molecule has 1 aliphatic rings. The Morgan fingerprint density at radius 3 is 1.91 bits per heavy atom. The highest BCUT2D eigenvalue weighted by molar-refractivity contribution is 6.21. The molecule has 3 amide bonds. The van der Waals surface area contributed by atoms with E-state index in [0.29, 0.717) is 28.1 Å². The number of hydrogen-bond donors (Lipinski definition) is 0. The summed E-state index contributed by atoms with van der Waals surface area (Å²) in [5.41, 5.74) is 3.09. The predicted octanol–water partition coefficient (Wildman–Crippen LogP) is 4.94. The standard InChI is InChI=1S/C28H28N2O4/c1-28(2,3)20-11-9-19(10-12-20)25(31)29(21-13-15-22(34-4)16-14-21)17-18-30-26(32)23-7-5-6-8-24(23)27(30)33/h5-16H,17-18H2,1-4H3. The number of amides is 3. The van der Waals surface area contributed by atoms with Gasteiger partial charge in [-0.2, -0.15) is 0 Å². The molecule has 0 unspecified atom stereocenters. The fourth-order valence-electron chi connectivity index (χ4n) is 4.02. The summed E-state index contributed by atoms with van der Waals surface area (Å²) in [5, 5.41) is 0. The number of rotatable bonds is 6. The molecule has 3 aromatic rings. The number of carbonyl (C=O) groups is 3. The molecule has 3 aromatic carbocycles. The lowest BCUT2D eigenvalue weighted by Crippen LogP contribution is -2.41. The van der Waals surface area contributed by atoms with Gasteiger partial charge in [-0.15, -0.1) is 0 Å². The van der Waals surface area contributed by atoms with E-state index in [2.05, 4.69) is 20.8 Å². The molecule has 0 aliphatic carbocycles. The van der Waals surface area contributed by atoms with Crippen molar-refractivity contribution in [2.45, 2.75) is 26.2 Å². The molecule has 34 heavy (non-hydrogen) atoms. The fourth-order valence-corrected chi connectivity index (χ4v) is 4.02. The van der Waals surface area contributed by atoms with Gasteiger partial charge >= 0.3 is 0 Å². The van der Waals surface area contributed by atoms with E-state index in [1.54, 1.807) is 60.5 Å². The number of fused-ring (bicyclic) bond motifs is 1. The van der Waals surface area contributed by atoms with Gasteiger partial charge < -0.3 is 9.64 Å². The van der Waals surface area contributed by atoms with E-state index < -0.39 is 0 Å². The summed E-state index contributed by atoms with van der Waals surface area (Å²) < 4.78 is 5.24. The van der Waals surface area contributed by atoms with Gasteiger partial charge in [0.25, 0.3) is 17.7 Å². The summed E-state index contributed by atoms with van der Waals surface area (Å²) in [6.07, 6.45) is 0. The first-order valence-corrected chi connectivity index (χ1v) is 11.2. The number of nitrogens with zero attached hydrogens (tertiary/aromatic N) is 2. The Morgan fingerprint density at radius 2 is 1.41 bits per heavy atom. The van der Waals surface area contributed by atoms with Crippen LogP contribution in [0, 0.1) is 0 Å². The third kappa shape index (κ3) is 4.44. The van der Waals surface area contributed by atoms with Crippen molar-refractivity contribution in [3.63, 3.8) is 0 Å². The van der Waals surface area contributed by atoms with Crippen molar-refractivity contribution in [3.05, 3.63) is 95.1 Å². The monoisotopic (exact) mass is 456 g/mol. The quantitative estimate of drug-likeness (QED) is 0.493. The van der Waals surface area contributed by atoms with E-state index in [9.17, 15) is 14.4 Å². The number of methoxy groups -OCH3 is 1. The van der Waals surface area contributed by atoms with Gasteiger partial charge in [-0.25, -0.2) is 0 Å². The Bertz CT molecular complexity index is 1190. The first-order valence-electron chi connectivity index (χ1n) is 11.2. The van der Waals surface area contributed by atoms with E-state index in [1.165, 1.54) is 4.90 Å². The highest BCUT2D eigenvalue weighted by Crippen LogP contribution is 2.26. The Morgan fingerprint density at radius 1 is 0.853 bits per heavy atom. The van der Waals surface area contributed by atoms with Crippen LogP contribution in [0.5, 0.6) is 5.75 Å². The van der Waals surface area contributed by atoms with Crippen LogP contribution in [-0.4, -0.2) is 42.8 Å². The fraction of sp³-hybridized carbons (Fsp3) is 0.250. The molecule has 0 atom stereocenters. The number of anilines is 1. The number of ether oxygens (including phenoxy) is 1. The molecular weight excluding hydrogens is 428 g/mol. The zero-order valence-corrected chi connectivity index (χ0v) is 19.9. The second kappa shape index (κ2) is 9.14. The van der Waals surface area contributed by atoms with Gasteiger partial charge in [0.15, 0.2) is 0 Å². The van der Waals surface area contributed by atoms with Crippen LogP contribution in [0.25, 0.3) is 0 Å². The molecule has 1 aliphatic heterocycles. The van der Waals surface area contributed by atoms with E-state index in [1.807, 2.05) is 24.3 Å². The number of hydrogen-bond acceptors (Lipinski definition) is 4. The molecule has 0 spiro atoms. The first kappa shape index (κ1) is 23.2. The van der Waals surface area contributed by atoms with Gasteiger partial charge in [-0.1, -0.05) is 45.0 Å². The summed E-state index contributed by atoms with van der Waals surface area (Å²) in [6.45, 7) is 6.61. The Hall–Kier alpha value is -3.93. The van der Waals surface area contributed by atoms with E-state index in [4.69, 9.17) is 4.74 Å². The lowest BCUT2D eigenvalue weighted by atomic mass is 9.86. The zero-order chi connectivity index (χ0) is 24.5. The van der Waals surface area contributed by atoms with Crippen LogP contribution < -0.4 is 9.64 Å². The second-order valence-electron chi connectivity index (χ2n) is 9.29. The van der Waals surface area contributed by atoms with Crippen LogP contribution in [0.4, 0.5) is 5.69 Å². The van der Waals surface area contributed by atoms with Gasteiger partial charge in [-0.3, -0.25) is 19.3 Å². The van der Waals surface area contributed by atoms with Gasteiger partial charge in [0.1, 0.15) is 5.75 Å². The molecule has 4 rings (SSSR count). The number of imide groups is 1. The predicted molar refractivity (Wildman–Crippen MR) is 132 cm³/mol. The minimum atomic E-state index is -0.336. The molecular formula is C28H28N2O4. The van der Waals surface area contributed by atoms with Crippen LogP contribution in [0.1, 0.15) is 57.4 Å². The van der Waals surface area contributed by atoms with Crippen LogP contribution in [0.15, 0.2) is 72.8 Å². The SMILES string of the molecule is COc1ccc(N(CCN2C(=O)c3ccccc3C2=O)C(=O)c2ccc(C(C)(C)C)cc2)cc1. The molecule has 1 heterocycles. The minimum absolute atomic E-state index is 0.0251. The summed E-state index contributed by atoms with van der Waals surface area (Å²) in [5.74, 6) is -0.206. The average Bonchev–Trinajstić information content (AvgIpc) is 3.09. The summed E-state index contributed by atoms with van der Waals surface area (Å²) in [6, 6.07) is 21.5. The van der Waals surface area contributed by atoms with Crippen LogP contribution >= 0.6 is 0 Å². The molecule has 0 saturated heterocycles. The van der Waals surface area contributed by atoms with Crippen LogP contribution in [0.3, 0.4) is 0 Å². The molecule has 0 radical (unpaired) electrons. The van der Waals surface area contributed by atoms with Crippen molar-refractivity contribution < 1.29 is 19.1 Å². The molecule has 0 N–H and O–H groups in total. The third-order valence-electron chi connectivity index (χ3n) is 6.05. The van der Waals surface area contributed by atoms with Gasteiger partial charge in [0, 0.05) is 24.3 Å². The van der Waals surface area contributed by atoms with Crippen molar-refractivity contribution >= 4 is 23.4 Å². The average molecular weight is 457 g/mol. The molecule has 0 saturated carbocycles.